The molecule has 0 saturated carbocycles. The summed E-state index contributed by atoms with van der Waals surface area (Å²) in [6.45, 7) is 4.11. The fourth-order valence-electron chi connectivity index (χ4n) is 1.58. The topological polar surface area (TPSA) is 64.1 Å². The molecular formula is C15H16ClN3O2S2. The molecule has 0 aliphatic carbocycles. The maximum Gasteiger partial charge on any atom is 0.226 e. The van der Waals surface area contributed by atoms with Crippen molar-refractivity contribution in [3.05, 3.63) is 41.9 Å². The summed E-state index contributed by atoms with van der Waals surface area (Å²) >= 11 is 8.69. The third kappa shape index (κ3) is 6.60. The summed E-state index contributed by atoms with van der Waals surface area (Å²) in [5.41, 5.74) is 0. The number of amides is 1. The number of hydrogen-bond acceptors (Lipinski definition) is 6. The third-order valence-electron chi connectivity index (χ3n) is 2.61. The Morgan fingerprint density at radius 3 is 2.91 bits per heavy atom. The lowest BCUT2D eigenvalue weighted by atomic mass is 10.3. The standard InChI is InChI=1S/C15H16ClN3O2S2/c1-2-10-22-15-19-18-14(23-15)17-13(20)4-3-9-21-12-7-5-11(16)6-8-12/h2,5-8H,1,3-4,9-10H2,(H,17,18,20). The van der Waals surface area contributed by atoms with Crippen LogP contribution in [0.2, 0.25) is 5.02 Å². The Hall–Kier alpha value is -1.57. The molecule has 1 amide bonds. The molecule has 1 heterocycles. The Balaban J connectivity index is 1.65. The van der Waals surface area contributed by atoms with Crippen molar-refractivity contribution in [1.82, 2.24) is 10.2 Å². The van der Waals surface area contributed by atoms with E-state index in [1.165, 1.54) is 23.1 Å². The highest BCUT2D eigenvalue weighted by Gasteiger charge is 2.08. The van der Waals surface area contributed by atoms with Crippen LogP contribution in [0.4, 0.5) is 5.13 Å². The molecule has 0 fully saturated rings. The predicted molar refractivity (Wildman–Crippen MR) is 95.6 cm³/mol. The van der Waals surface area contributed by atoms with Gasteiger partial charge in [0.25, 0.3) is 0 Å². The lowest BCUT2D eigenvalue weighted by molar-refractivity contribution is -0.116. The Labute approximate surface area is 148 Å². The minimum atomic E-state index is -0.0962. The fraction of sp³-hybridized carbons (Fsp3) is 0.267. The molecule has 2 aromatic rings. The van der Waals surface area contributed by atoms with Gasteiger partial charge < -0.3 is 10.1 Å². The number of nitrogens with zero attached hydrogens (tertiary/aromatic N) is 2. The fourth-order valence-corrected chi connectivity index (χ4v) is 3.24. The molecule has 5 nitrogen and oxygen atoms in total. The number of rotatable bonds is 9. The molecule has 0 aliphatic heterocycles. The van der Waals surface area contributed by atoms with E-state index in [1.54, 1.807) is 30.3 Å². The van der Waals surface area contributed by atoms with Gasteiger partial charge in [0.05, 0.1) is 6.61 Å². The summed E-state index contributed by atoms with van der Waals surface area (Å²) in [6, 6.07) is 7.13. The van der Waals surface area contributed by atoms with Gasteiger partial charge in [-0.05, 0) is 30.7 Å². The average molecular weight is 370 g/mol. The number of thioether (sulfide) groups is 1. The highest BCUT2D eigenvalue weighted by atomic mass is 35.5. The zero-order valence-corrected chi connectivity index (χ0v) is 14.7. The van der Waals surface area contributed by atoms with Crippen molar-refractivity contribution in [2.24, 2.45) is 0 Å². The minimum absolute atomic E-state index is 0.0962. The summed E-state index contributed by atoms with van der Waals surface area (Å²) in [5.74, 6) is 1.41. The van der Waals surface area contributed by atoms with E-state index in [-0.39, 0.29) is 5.91 Å². The quantitative estimate of drug-likeness (QED) is 0.309. The number of carbonyl (C=O) groups excluding carboxylic acids is 1. The van der Waals surface area contributed by atoms with Gasteiger partial charge in [-0.2, -0.15) is 0 Å². The van der Waals surface area contributed by atoms with Crippen molar-refractivity contribution in [2.75, 3.05) is 17.7 Å². The number of carbonyl (C=O) groups is 1. The van der Waals surface area contributed by atoms with Crippen molar-refractivity contribution in [1.29, 1.82) is 0 Å². The SMILES string of the molecule is C=CCSc1nnc(NC(=O)CCCOc2ccc(Cl)cc2)s1. The minimum Gasteiger partial charge on any atom is -0.494 e. The lowest BCUT2D eigenvalue weighted by Crippen LogP contribution is -2.12. The molecule has 0 atom stereocenters. The van der Waals surface area contributed by atoms with Crippen molar-refractivity contribution < 1.29 is 9.53 Å². The van der Waals surface area contributed by atoms with Crippen LogP contribution >= 0.6 is 34.7 Å². The van der Waals surface area contributed by atoms with E-state index in [0.717, 1.165) is 15.8 Å². The van der Waals surface area contributed by atoms with Crippen LogP contribution in [-0.2, 0) is 4.79 Å². The van der Waals surface area contributed by atoms with Crippen molar-refractivity contribution >= 4 is 45.7 Å². The zero-order chi connectivity index (χ0) is 16.5. The third-order valence-corrected chi connectivity index (χ3v) is 4.83. The smallest absolute Gasteiger partial charge is 0.226 e. The van der Waals surface area contributed by atoms with E-state index in [4.69, 9.17) is 16.3 Å². The van der Waals surface area contributed by atoms with Crippen LogP contribution in [0.1, 0.15) is 12.8 Å². The van der Waals surface area contributed by atoms with E-state index in [0.29, 0.717) is 29.6 Å². The van der Waals surface area contributed by atoms with Gasteiger partial charge in [0.2, 0.25) is 11.0 Å². The van der Waals surface area contributed by atoms with Crippen LogP contribution in [0.25, 0.3) is 0 Å². The summed E-state index contributed by atoms with van der Waals surface area (Å²) in [7, 11) is 0. The summed E-state index contributed by atoms with van der Waals surface area (Å²) in [6.07, 6.45) is 2.78. The van der Waals surface area contributed by atoms with Gasteiger partial charge in [0, 0.05) is 17.2 Å². The Bertz CT molecular complexity index is 646. The summed E-state index contributed by atoms with van der Waals surface area (Å²) in [4.78, 5) is 11.8. The van der Waals surface area contributed by atoms with E-state index >= 15 is 0 Å². The monoisotopic (exact) mass is 369 g/mol. The van der Waals surface area contributed by atoms with Crippen LogP contribution in [0.5, 0.6) is 5.75 Å². The first-order valence-electron chi connectivity index (χ1n) is 6.93. The van der Waals surface area contributed by atoms with Crippen LogP contribution in [-0.4, -0.2) is 28.5 Å². The van der Waals surface area contributed by atoms with Crippen LogP contribution in [0, 0.1) is 0 Å². The molecule has 1 aromatic carbocycles. The normalized spacial score (nSPS) is 10.3. The number of halogens is 1. The zero-order valence-electron chi connectivity index (χ0n) is 12.3. The van der Waals surface area contributed by atoms with Crippen LogP contribution < -0.4 is 10.1 Å². The average Bonchev–Trinajstić information content (AvgIpc) is 2.98. The largest absolute Gasteiger partial charge is 0.494 e. The molecule has 1 N–H and O–H groups in total. The molecule has 0 unspecified atom stereocenters. The molecule has 0 spiro atoms. The van der Waals surface area contributed by atoms with Gasteiger partial charge in [-0.25, -0.2) is 0 Å². The predicted octanol–water partition coefficient (Wildman–Crippen LogP) is 4.27. The second kappa shape index (κ2) is 9.54. The van der Waals surface area contributed by atoms with Gasteiger partial charge in [-0.15, -0.1) is 16.8 Å². The molecule has 8 heteroatoms. The number of nitrogens with one attached hydrogen (secondary N) is 1. The van der Waals surface area contributed by atoms with Gasteiger partial charge in [-0.3, -0.25) is 4.79 Å². The molecule has 122 valence electrons. The Morgan fingerprint density at radius 2 is 2.17 bits per heavy atom. The number of ether oxygens (including phenoxy) is 1. The molecular weight excluding hydrogens is 354 g/mol. The van der Waals surface area contributed by atoms with Gasteiger partial charge in [0.15, 0.2) is 4.34 Å². The number of aromatic nitrogens is 2. The number of hydrogen-bond donors (Lipinski definition) is 1. The first-order valence-corrected chi connectivity index (χ1v) is 9.11. The highest BCUT2D eigenvalue weighted by Crippen LogP contribution is 2.25. The highest BCUT2D eigenvalue weighted by molar-refractivity contribution is 8.01. The van der Waals surface area contributed by atoms with E-state index in [1.807, 2.05) is 0 Å². The second-order valence-electron chi connectivity index (χ2n) is 4.43. The molecule has 23 heavy (non-hydrogen) atoms. The maximum absolute atomic E-state index is 11.8. The molecule has 2 rings (SSSR count). The number of benzene rings is 1. The van der Waals surface area contributed by atoms with E-state index in [2.05, 4.69) is 22.1 Å². The van der Waals surface area contributed by atoms with Crippen LogP contribution in [0.15, 0.2) is 41.3 Å². The summed E-state index contributed by atoms with van der Waals surface area (Å²) in [5, 5.41) is 11.8. The van der Waals surface area contributed by atoms with Gasteiger partial charge in [-0.1, -0.05) is 40.8 Å². The first-order chi connectivity index (χ1) is 11.2. The van der Waals surface area contributed by atoms with E-state index in [9.17, 15) is 4.79 Å². The number of anilines is 1. The maximum atomic E-state index is 11.8. The molecule has 0 saturated heterocycles. The van der Waals surface area contributed by atoms with Crippen molar-refractivity contribution in [3.63, 3.8) is 0 Å². The first kappa shape index (κ1) is 17.8. The summed E-state index contributed by atoms with van der Waals surface area (Å²) < 4.78 is 6.34. The van der Waals surface area contributed by atoms with Gasteiger partial charge in [0.1, 0.15) is 5.75 Å². The second-order valence-corrected chi connectivity index (χ2v) is 7.11. The Kier molecular flexibility index (Phi) is 7.38. The van der Waals surface area contributed by atoms with Crippen molar-refractivity contribution in [3.8, 4) is 5.75 Å². The van der Waals surface area contributed by atoms with Gasteiger partial charge >= 0.3 is 0 Å². The van der Waals surface area contributed by atoms with Crippen LogP contribution in [0.3, 0.4) is 0 Å². The van der Waals surface area contributed by atoms with E-state index < -0.39 is 0 Å². The Morgan fingerprint density at radius 1 is 1.39 bits per heavy atom. The molecule has 0 aliphatic rings. The molecule has 0 bridgehead atoms. The lowest BCUT2D eigenvalue weighted by Gasteiger charge is -2.05. The molecule has 1 aromatic heterocycles. The van der Waals surface area contributed by atoms with Crippen molar-refractivity contribution in [2.45, 2.75) is 17.2 Å². The molecule has 0 radical (unpaired) electrons.